The number of imide groups is 1. The zero-order valence-corrected chi connectivity index (χ0v) is 51.8. The van der Waals surface area contributed by atoms with Gasteiger partial charge >= 0.3 is 0 Å². The summed E-state index contributed by atoms with van der Waals surface area (Å²) in [5, 5.41) is 31.3. The quantitative estimate of drug-likeness (QED) is 0.0488. The number of para-hydroxylation sites is 2. The third kappa shape index (κ3) is 12.1. The van der Waals surface area contributed by atoms with Gasteiger partial charge in [-0.2, -0.15) is 15.3 Å². The molecule has 5 amide bonds. The van der Waals surface area contributed by atoms with Crippen LogP contribution in [0.1, 0.15) is 116 Å². The Balaban J connectivity index is 0.506. The molecule has 9 heterocycles. The number of aryl methyl sites for hydroxylation is 2. The molecule has 460 valence electrons. The lowest BCUT2D eigenvalue weighted by atomic mass is 9.94. The maximum Gasteiger partial charge on any atom is 0.291 e. The first kappa shape index (κ1) is 58.6. The van der Waals surface area contributed by atoms with Crippen LogP contribution in [0, 0.1) is 18.8 Å². The number of benzene rings is 3. The molecule has 2 aliphatic carbocycles. The largest absolute Gasteiger partial charge is 0.489 e. The number of anilines is 1. The fourth-order valence-electron chi connectivity index (χ4n) is 13.2. The second-order valence-electron chi connectivity index (χ2n) is 24.6. The summed E-state index contributed by atoms with van der Waals surface area (Å²) in [5.74, 6) is 0.279. The molecule has 2 unspecified atom stereocenters. The van der Waals surface area contributed by atoms with Crippen molar-refractivity contribution in [1.82, 2.24) is 75.3 Å². The van der Waals surface area contributed by atoms with Gasteiger partial charge in [-0.1, -0.05) is 48.0 Å². The number of hydrogen-bond acceptors (Lipinski definition) is 16. The van der Waals surface area contributed by atoms with Gasteiger partial charge in [0.2, 0.25) is 17.6 Å². The van der Waals surface area contributed by atoms with Gasteiger partial charge < -0.3 is 20.3 Å². The van der Waals surface area contributed by atoms with Gasteiger partial charge in [-0.15, -0.1) is 21.5 Å². The third-order valence-corrected chi connectivity index (χ3v) is 19.5. The van der Waals surface area contributed by atoms with Gasteiger partial charge in [-0.3, -0.25) is 58.1 Å². The highest BCUT2D eigenvalue weighted by molar-refractivity contribution is 7.19. The minimum absolute atomic E-state index is 0.0104. The van der Waals surface area contributed by atoms with Gasteiger partial charge in [0.15, 0.2) is 5.69 Å². The maximum absolute atomic E-state index is 13.1. The molecule has 3 N–H and O–H groups in total. The van der Waals surface area contributed by atoms with Gasteiger partial charge in [-0.25, -0.2) is 4.98 Å². The van der Waals surface area contributed by atoms with Crippen molar-refractivity contribution in [3.05, 3.63) is 182 Å². The molecule has 24 heteroatoms. The van der Waals surface area contributed by atoms with Crippen molar-refractivity contribution < 1.29 is 28.7 Å². The standard InChI is InChI=1S/C66H67ClN16O6S/c1-37-20-44(67)22-50(47-16-18-68-55-23-46(90-60(47)55)34-83-64(86)51-25-52(51)65(83)87)53(37)35-82-38(2)28-79(29-39(82)3)30-41-26-70-80(31-41)19-7-17-69-62(84)54-15-14-45(74-75-54)33-81-32-43(27-71-81)49-24-48(49)42-12-10-40(11-13-42)21-59-73-61(77-76-59)63(85)72-56-36-89-58-9-6-5-8-57(58)78(4)66(56)88/h5-6,8-16,18,20,22-23,26-27,31-32,38-39,48-49,51-52,56H,7,17,19,21,24-25,28-30,33-36H2,1-4H3,(H,69,84)(H,72,85)(H,73,76,77)/t38-,39-,48-,49+,51?,52?,56-/m0/s1. The fourth-order valence-corrected chi connectivity index (χ4v) is 14.6. The van der Waals surface area contributed by atoms with E-state index in [0.29, 0.717) is 78.7 Å². The van der Waals surface area contributed by atoms with E-state index in [-0.39, 0.29) is 72.2 Å². The van der Waals surface area contributed by atoms with E-state index in [9.17, 15) is 24.0 Å². The van der Waals surface area contributed by atoms with Crippen LogP contribution >= 0.6 is 22.9 Å². The van der Waals surface area contributed by atoms with E-state index in [1.165, 1.54) is 20.9 Å². The summed E-state index contributed by atoms with van der Waals surface area (Å²) >= 11 is 8.38. The molecule has 4 fully saturated rings. The average molecular weight is 1250 g/mol. The number of H-pyrrole nitrogens is 1. The van der Waals surface area contributed by atoms with E-state index in [0.717, 1.165) is 81.1 Å². The van der Waals surface area contributed by atoms with Crippen molar-refractivity contribution in [3.8, 4) is 16.9 Å². The molecule has 90 heavy (non-hydrogen) atoms. The van der Waals surface area contributed by atoms with Crippen LogP contribution in [0.4, 0.5) is 5.69 Å². The molecule has 9 aromatic rings. The number of nitrogens with zero attached hydrogens (tertiary/aromatic N) is 13. The fraction of sp³-hybridized carbons (Fsp3) is 0.364. The number of piperazine rings is 1. The SMILES string of the molecule is Cc1cc(Cl)cc(-c2ccnc3cc(CN4C(=O)C5CC5C4=O)sc23)c1CN1[C@@H](C)CN(Cc2cnn(CCCNC(=O)c3ccc(Cn4cc([C@H]5C[C@H]5c5ccc(Cc6nc(C(=O)N[C@H]7COc8ccccc8N(C)C7=O)n[nH]6)cc5)cn4)nn3)c2)C[C@@H]1C. The number of fused-ring (bicyclic) bond motifs is 3. The number of likely N-dealkylation sites (tertiary alicyclic amines) is 1. The first-order valence-corrected chi connectivity index (χ1v) is 31.8. The number of aromatic amines is 1. The molecule has 22 nitrogen and oxygen atoms in total. The van der Waals surface area contributed by atoms with Crippen molar-refractivity contribution >= 4 is 68.4 Å². The number of hydrogen-bond donors (Lipinski definition) is 3. The summed E-state index contributed by atoms with van der Waals surface area (Å²) < 4.78 is 10.6. The summed E-state index contributed by atoms with van der Waals surface area (Å²) in [5.41, 5.74) is 11.4. The van der Waals surface area contributed by atoms with E-state index < -0.39 is 11.9 Å². The van der Waals surface area contributed by atoms with Crippen LogP contribution in [-0.2, 0) is 53.5 Å². The second-order valence-corrected chi connectivity index (χ2v) is 26.2. The topological polar surface area (TPSA) is 247 Å². The Labute approximate surface area is 528 Å². The molecule has 6 aromatic heterocycles. The minimum atomic E-state index is -0.899. The van der Waals surface area contributed by atoms with Gasteiger partial charge in [-0.05, 0) is 134 Å². The molecule has 0 spiro atoms. The number of piperidine rings is 1. The molecule has 2 saturated carbocycles. The van der Waals surface area contributed by atoms with E-state index in [1.807, 2.05) is 58.3 Å². The van der Waals surface area contributed by atoms with Crippen LogP contribution in [0.3, 0.4) is 0 Å². The zero-order valence-electron chi connectivity index (χ0n) is 50.3. The number of ether oxygens (including phenoxy) is 1. The summed E-state index contributed by atoms with van der Waals surface area (Å²) in [6.45, 7) is 11.8. The van der Waals surface area contributed by atoms with Crippen LogP contribution < -0.4 is 20.3 Å². The Bertz CT molecular complexity index is 4210. The number of carbonyl (C=O) groups excluding carboxylic acids is 5. The molecule has 0 radical (unpaired) electrons. The maximum atomic E-state index is 13.1. The summed E-state index contributed by atoms with van der Waals surface area (Å²) in [7, 11) is 1.65. The van der Waals surface area contributed by atoms with E-state index >= 15 is 0 Å². The van der Waals surface area contributed by atoms with Crippen molar-refractivity contribution in [2.24, 2.45) is 11.8 Å². The Morgan fingerprint density at radius 3 is 2.36 bits per heavy atom. The summed E-state index contributed by atoms with van der Waals surface area (Å²) in [6.07, 6.45) is 12.7. The number of halogens is 1. The first-order valence-electron chi connectivity index (χ1n) is 30.6. The first-order chi connectivity index (χ1) is 43.6. The highest BCUT2D eigenvalue weighted by atomic mass is 35.5. The summed E-state index contributed by atoms with van der Waals surface area (Å²) in [6, 6.07) is 26.9. The second kappa shape index (κ2) is 24.4. The minimum Gasteiger partial charge on any atom is -0.489 e. The Hall–Kier alpha value is -9.03. The average Bonchev–Trinajstić information content (AvgIpc) is 1.85. The Kier molecular flexibility index (Phi) is 15.9. The Morgan fingerprint density at radius 1 is 0.778 bits per heavy atom. The smallest absolute Gasteiger partial charge is 0.291 e. The molecular weight excluding hydrogens is 1180 g/mol. The molecule has 0 bridgehead atoms. The third-order valence-electron chi connectivity index (χ3n) is 18.2. The van der Waals surface area contributed by atoms with E-state index in [4.69, 9.17) is 21.3 Å². The van der Waals surface area contributed by atoms with E-state index in [1.54, 1.807) is 36.6 Å². The molecule has 2 saturated heterocycles. The molecule has 3 aliphatic heterocycles. The molecule has 14 rings (SSSR count). The van der Waals surface area contributed by atoms with Crippen LogP contribution in [0.25, 0.3) is 21.3 Å². The molecule has 5 aliphatic rings. The van der Waals surface area contributed by atoms with Crippen molar-refractivity contribution in [2.75, 3.05) is 38.2 Å². The van der Waals surface area contributed by atoms with Crippen molar-refractivity contribution in [3.63, 3.8) is 0 Å². The van der Waals surface area contributed by atoms with Gasteiger partial charge in [0, 0.05) is 104 Å². The molecule has 3 aromatic carbocycles. The lowest BCUT2D eigenvalue weighted by molar-refractivity contribution is -0.142. The normalized spacial score (nSPS) is 21.5. The van der Waals surface area contributed by atoms with Crippen LogP contribution in [0.15, 0.2) is 116 Å². The van der Waals surface area contributed by atoms with E-state index in [2.05, 4.69) is 126 Å². The van der Waals surface area contributed by atoms with Crippen LogP contribution in [0.5, 0.6) is 5.75 Å². The highest BCUT2D eigenvalue weighted by Gasteiger charge is 2.58. The Morgan fingerprint density at radius 2 is 1.56 bits per heavy atom. The number of aromatic nitrogens is 10. The summed E-state index contributed by atoms with van der Waals surface area (Å²) in [4.78, 5) is 83.0. The molecular formula is C66H67ClN16O6S. The van der Waals surface area contributed by atoms with Gasteiger partial charge in [0.1, 0.15) is 24.2 Å². The number of likely N-dealkylation sites (N-methyl/N-ethyl adjacent to an activating group) is 1. The number of nitrogens with one attached hydrogen (secondary N) is 3. The van der Waals surface area contributed by atoms with Crippen molar-refractivity contribution in [1.29, 1.82) is 0 Å². The van der Waals surface area contributed by atoms with Gasteiger partial charge in [0.25, 0.3) is 17.7 Å². The van der Waals surface area contributed by atoms with Crippen molar-refractivity contribution in [2.45, 2.75) is 109 Å². The number of rotatable bonds is 20. The highest BCUT2D eigenvalue weighted by Crippen LogP contribution is 2.54. The number of amides is 5. The number of pyridine rings is 1. The zero-order chi connectivity index (χ0) is 61.9. The lowest BCUT2D eigenvalue weighted by Gasteiger charge is -2.45. The number of carbonyl (C=O) groups is 5. The number of thiophene rings is 1. The predicted molar refractivity (Wildman–Crippen MR) is 337 cm³/mol. The lowest BCUT2D eigenvalue weighted by Crippen LogP contribution is -2.55. The monoisotopic (exact) mass is 1250 g/mol. The predicted octanol–water partition coefficient (Wildman–Crippen LogP) is 7.71. The van der Waals surface area contributed by atoms with Crippen LogP contribution in [0.2, 0.25) is 5.02 Å². The van der Waals surface area contributed by atoms with Gasteiger partial charge in [0.05, 0.1) is 58.9 Å². The van der Waals surface area contributed by atoms with Crippen LogP contribution in [-0.4, -0.2) is 146 Å². The molecule has 7 atom stereocenters.